The minimum absolute atomic E-state index is 0.368. The summed E-state index contributed by atoms with van der Waals surface area (Å²) >= 11 is 0. The molecule has 1 aromatic heterocycles. The Balaban J connectivity index is 1.93. The molecule has 76 valence electrons. The minimum atomic E-state index is 0.368. The number of nitrogens with one attached hydrogen (secondary N) is 1. The van der Waals surface area contributed by atoms with Crippen molar-refractivity contribution in [2.24, 2.45) is 0 Å². The Labute approximate surface area is 82.6 Å². The lowest BCUT2D eigenvalue weighted by Crippen LogP contribution is -2.16. The molecule has 14 heavy (non-hydrogen) atoms. The summed E-state index contributed by atoms with van der Waals surface area (Å²) in [4.78, 5) is 0. The number of hydrogen-bond donors (Lipinski definition) is 1. The fraction of sp³-hybridized carbons (Fsp3) is 0.700. The van der Waals surface area contributed by atoms with E-state index < -0.39 is 0 Å². The highest BCUT2D eigenvalue weighted by Gasteiger charge is 2.27. The van der Waals surface area contributed by atoms with E-state index in [1.165, 1.54) is 12.0 Å². The van der Waals surface area contributed by atoms with Crippen LogP contribution in [0.4, 0.5) is 0 Å². The van der Waals surface area contributed by atoms with Gasteiger partial charge in [-0.15, -0.1) is 0 Å². The van der Waals surface area contributed by atoms with Crippen LogP contribution in [0.3, 0.4) is 0 Å². The molecule has 0 radical (unpaired) electrons. The number of nitrogens with zero attached hydrogens (tertiary/aromatic N) is 1. The maximum Gasteiger partial charge on any atom is 0.159 e. The molecular weight excluding hydrogens is 180 g/mol. The lowest BCUT2D eigenvalue weighted by molar-refractivity contribution is 0.109. The largest absolute Gasteiger partial charge is 0.376 e. The van der Waals surface area contributed by atoms with Crippen LogP contribution in [0.2, 0.25) is 0 Å². The molecule has 2 aliphatic heterocycles. The van der Waals surface area contributed by atoms with Crippen molar-refractivity contribution in [3.63, 3.8) is 0 Å². The van der Waals surface area contributed by atoms with Crippen molar-refractivity contribution in [2.75, 3.05) is 13.2 Å². The lowest BCUT2D eigenvalue weighted by Gasteiger charge is -2.13. The first-order valence-corrected chi connectivity index (χ1v) is 5.23. The first-order valence-electron chi connectivity index (χ1n) is 5.23. The molecule has 1 N–H and O–H groups in total. The van der Waals surface area contributed by atoms with Gasteiger partial charge < -0.3 is 14.6 Å². The molecule has 1 atom stereocenters. The van der Waals surface area contributed by atoms with Crippen molar-refractivity contribution in [1.82, 2.24) is 10.5 Å². The monoisotopic (exact) mass is 194 g/mol. The SMILES string of the molecule is C1CN[C@H](c2onc3c2COCC3)C1. The maximum absolute atomic E-state index is 5.43. The van der Waals surface area contributed by atoms with Crippen LogP contribution in [0.1, 0.15) is 35.9 Å². The van der Waals surface area contributed by atoms with Crippen molar-refractivity contribution in [2.45, 2.75) is 31.9 Å². The molecule has 0 unspecified atom stereocenters. The molecule has 4 nitrogen and oxygen atoms in total. The van der Waals surface area contributed by atoms with Crippen LogP contribution < -0.4 is 5.32 Å². The van der Waals surface area contributed by atoms with Gasteiger partial charge in [-0.25, -0.2) is 0 Å². The zero-order valence-electron chi connectivity index (χ0n) is 8.08. The van der Waals surface area contributed by atoms with Gasteiger partial charge in [0.15, 0.2) is 5.76 Å². The summed E-state index contributed by atoms with van der Waals surface area (Å²) in [7, 11) is 0. The number of fused-ring (bicyclic) bond motifs is 1. The van der Waals surface area contributed by atoms with E-state index in [4.69, 9.17) is 9.26 Å². The molecule has 0 bridgehead atoms. The number of hydrogen-bond acceptors (Lipinski definition) is 4. The Morgan fingerprint density at radius 2 is 2.43 bits per heavy atom. The van der Waals surface area contributed by atoms with Crippen molar-refractivity contribution in [3.8, 4) is 0 Å². The predicted octanol–water partition coefficient (Wildman–Crippen LogP) is 1.17. The molecule has 1 saturated heterocycles. The van der Waals surface area contributed by atoms with Crippen molar-refractivity contribution >= 4 is 0 Å². The van der Waals surface area contributed by atoms with E-state index in [-0.39, 0.29) is 0 Å². The van der Waals surface area contributed by atoms with Gasteiger partial charge in [-0.05, 0) is 19.4 Å². The van der Waals surface area contributed by atoms with E-state index in [1.54, 1.807) is 0 Å². The third-order valence-electron chi connectivity index (χ3n) is 3.01. The first-order chi connectivity index (χ1) is 6.95. The summed E-state index contributed by atoms with van der Waals surface area (Å²) in [6.45, 7) is 2.53. The van der Waals surface area contributed by atoms with Gasteiger partial charge in [0.05, 0.1) is 24.9 Å². The van der Waals surface area contributed by atoms with Crippen LogP contribution in [0, 0.1) is 0 Å². The summed E-state index contributed by atoms with van der Waals surface area (Å²) in [5, 5.41) is 7.53. The number of ether oxygens (including phenoxy) is 1. The maximum atomic E-state index is 5.43. The molecule has 3 rings (SSSR count). The topological polar surface area (TPSA) is 47.3 Å². The fourth-order valence-electron chi connectivity index (χ4n) is 2.23. The molecular formula is C10H14N2O2. The van der Waals surface area contributed by atoms with Crippen LogP contribution in [-0.2, 0) is 17.8 Å². The van der Waals surface area contributed by atoms with E-state index >= 15 is 0 Å². The third-order valence-corrected chi connectivity index (χ3v) is 3.01. The second-order valence-corrected chi connectivity index (χ2v) is 3.92. The zero-order valence-corrected chi connectivity index (χ0v) is 8.08. The average Bonchev–Trinajstić information content (AvgIpc) is 2.85. The van der Waals surface area contributed by atoms with Gasteiger partial charge in [0.2, 0.25) is 0 Å². The molecule has 0 amide bonds. The summed E-state index contributed by atoms with van der Waals surface area (Å²) < 4.78 is 10.8. The molecule has 2 aliphatic rings. The second-order valence-electron chi connectivity index (χ2n) is 3.92. The number of aromatic nitrogens is 1. The smallest absolute Gasteiger partial charge is 0.159 e. The molecule has 1 fully saturated rings. The van der Waals surface area contributed by atoms with Crippen molar-refractivity contribution in [3.05, 3.63) is 17.0 Å². The Hall–Kier alpha value is -0.870. The first kappa shape index (κ1) is 8.44. The van der Waals surface area contributed by atoms with Gasteiger partial charge in [0.1, 0.15) is 0 Å². The molecule has 0 spiro atoms. The van der Waals surface area contributed by atoms with E-state index in [1.807, 2.05) is 0 Å². The number of rotatable bonds is 1. The van der Waals surface area contributed by atoms with Crippen LogP contribution >= 0.6 is 0 Å². The summed E-state index contributed by atoms with van der Waals surface area (Å²) in [6, 6.07) is 0.368. The minimum Gasteiger partial charge on any atom is -0.376 e. The van der Waals surface area contributed by atoms with Crippen LogP contribution in [0.15, 0.2) is 4.52 Å². The van der Waals surface area contributed by atoms with Crippen LogP contribution in [0.25, 0.3) is 0 Å². The summed E-state index contributed by atoms with van der Waals surface area (Å²) in [5.41, 5.74) is 2.29. The van der Waals surface area contributed by atoms with E-state index in [0.717, 1.165) is 37.4 Å². The second kappa shape index (κ2) is 3.37. The van der Waals surface area contributed by atoms with E-state index in [9.17, 15) is 0 Å². The standard InChI is InChI=1S/C10H14N2O2/c1-2-9(11-4-1)10-7-6-13-5-3-8(7)12-14-10/h9,11H,1-6H2/t9-/m0/s1. The van der Waals surface area contributed by atoms with Gasteiger partial charge in [0, 0.05) is 12.0 Å². The lowest BCUT2D eigenvalue weighted by atomic mass is 10.0. The van der Waals surface area contributed by atoms with Gasteiger partial charge in [-0.3, -0.25) is 0 Å². The molecule has 0 aromatic carbocycles. The van der Waals surface area contributed by atoms with Gasteiger partial charge in [-0.1, -0.05) is 5.16 Å². The van der Waals surface area contributed by atoms with Gasteiger partial charge >= 0.3 is 0 Å². The summed E-state index contributed by atoms with van der Waals surface area (Å²) in [5.74, 6) is 1.01. The molecule has 3 heterocycles. The molecule has 1 aromatic rings. The quantitative estimate of drug-likeness (QED) is 0.729. The van der Waals surface area contributed by atoms with Crippen molar-refractivity contribution in [1.29, 1.82) is 0 Å². The fourth-order valence-corrected chi connectivity index (χ4v) is 2.23. The molecule has 0 aliphatic carbocycles. The van der Waals surface area contributed by atoms with Crippen LogP contribution in [0.5, 0.6) is 0 Å². The van der Waals surface area contributed by atoms with Crippen LogP contribution in [-0.4, -0.2) is 18.3 Å². The van der Waals surface area contributed by atoms with Gasteiger partial charge in [0.25, 0.3) is 0 Å². The Morgan fingerprint density at radius 3 is 3.29 bits per heavy atom. The molecule has 0 saturated carbocycles. The Kier molecular flexibility index (Phi) is 2.03. The van der Waals surface area contributed by atoms with E-state index in [0.29, 0.717) is 12.6 Å². The highest BCUT2D eigenvalue weighted by atomic mass is 16.5. The third kappa shape index (κ3) is 1.26. The van der Waals surface area contributed by atoms with E-state index in [2.05, 4.69) is 10.5 Å². The van der Waals surface area contributed by atoms with Gasteiger partial charge in [-0.2, -0.15) is 0 Å². The highest BCUT2D eigenvalue weighted by Crippen LogP contribution is 2.30. The highest BCUT2D eigenvalue weighted by molar-refractivity contribution is 5.26. The molecule has 4 heteroatoms. The predicted molar refractivity (Wildman–Crippen MR) is 49.8 cm³/mol. The van der Waals surface area contributed by atoms with Crippen molar-refractivity contribution < 1.29 is 9.26 Å². The zero-order chi connectivity index (χ0) is 9.38. The average molecular weight is 194 g/mol. The Morgan fingerprint density at radius 1 is 1.43 bits per heavy atom. The summed E-state index contributed by atoms with van der Waals surface area (Å²) in [6.07, 6.45) is 3.27. The Bertz CT molecular complexity index is 329. The normalized spacial score (nSPS) is 26.4.